The minimum Gasteiger partial charge on any atom is -0.339 e. The standard InChI is InChI=1S/C15H21ClN4O2.ClH/c1-11(17)15(22)20-8-6-19(7-9-20)10-14(21)18-13-5-3-2-4-12(13)16;/h2-5,11H,6-10,17H2,1H3,(H,18,21);1H. The molecule has 3 N–H and O–H groups in total. The minimum absolute atomic E-state index is 0. The topological polar surface area (TPSA) is 78.7 Å². The van der Waals surface area contributed by atoms with Gasteiger partial charge in [-0.1, -0.05) is 23.7 Å². The number of amides is 2. The van der Waals surface area contributed by atoms with Gasteiger partial charge in [-0.2, -0.15) is 0 Å². The molecule has 1 saturated heterocycles. The molecule has 2 rings (SSSR count). The molecule has 0 saturated carbocycles. The summed E-state index contributed by atoms with van der Waals surface area (Å²) < 4.78 is 0. The molecule has 2 amide bonds. The number of benzene rings is 1. The summed E-state index contributed by atoms with van der Waals surface area (Å²) in [7, 11) is 0. The van der Waals surface area contributed by atoms with Gasteiger partial charge in [0.2, 0.25) is 11.8 Å². The summed E-state index contributed by atoms with van der Waals surface area (Å²) in [5.74, 6) is -0.153. The number of para-hydroxylation sites is 1. The van der Waals surface area contributed by atoms with Crippen molar-refractivity contribution < 1.29 is 9.59 Å². The number of hydrogen-bond donors (Lipinski definition) is 2. The molecule has 1 aromatic rings. The Hall–Kier alpha value is -1.34. The summed E-state index contributed by atoms with van der Waals surface area (Å²) in [5, 5.41) is 3.31. The van der Waals surface area contributed by atoms with Gasteiger partial charge in [0, 0.05) is 26.2 Å². The Morgan fingerprint density at radius 1 is 1.26 bits per heavy atom. The summed E-state index contributed by atoms with van der Waals surface area (Å²) in [6.45, 7) is 4.49. The Balaban J connectivity index is 0.00000264. The van der Waals surface area contributed by atoms with E-state index in [1.807, 2.05) is 17.0 Å². The normalized spacial score (nSPS) is 16.4. The zero-order valence-electron chi connectivity index (χ0n) is 13.0. The van der Waals surface area contributed by atoms with Gasteiger partial charge < -0.3 is 16.0 Å². The molecule has 0 aliphatic carbocycles. The van der Waals surface area contributed by atoms with E-state index in [2.05, 4.69) is 5.32 Å². The number of carbonyl (C=O) groups is 2. The van der Waals surface area contributed by atoms with E-state index in [4.69, 9.17) is 17.3 Å². The largest absolute Gasteiger partial charge is 0.339 e. The molecule has 1 aromatic carbocycles. The lowest BCUT2D eigenvalue weighted by molar-refractivity contribution is -0.134. The third-order valence-electron chi connectivity index (χ3n) is 3.59. The molecular formula is C15H22Cl2N4O2. The van der Waals surface area contributed by atoms with Crippen molar-refractivity contribution in [3.05, 3.63) is 29.3 Å². The lowest BCUT2D eigenvalue weighted by atomic mass is 10.2. The van der Waals surface area contributed by atoms with Crippen LogP contribution in [-0.2, 0) is 9.59 Å². The summed E-state index contributed by atoms with van der Waals surface area (Å²) in [6, 6.07) is 6.65. The number of carbonyl (C=O) groups excluding carboxylic acids is 2. The molecule has 1 heterocycles. The Kier molecular flexibility index (Phi) is 7.78. The van der Waals surface area contributed by atoms with Crippen molar-refractivity contribution in [1.82, 2.24) is 9.80 Å². The fraction of sp³-hybridized carbons (Fsp3) is 0.467. The Bertz CT molecular complexity index is 546. The SMILES string of the molecule is CC(N)C(=O)N1CCN(CC(=O)Nc2ccccc2Cl)CC1.Cl. The number of nitrogens with one attached hydrogen (secondary N) is 1. The number of piperazine rings is 1. The van der Waals surface area contributed by atoms with Gasteiger partial charge in [0.25, 0.3) is 0 Å². The summed E-state index contributed by atoms with van der Waals surface area (Å²) in [4.78, 5) is 27.6. The van der Waals surface area contributed by atoms with Gasteiger partial charge in [-0.15, -0.1) is 12.4 Å². The first-order chi connectivity index (χ1) is 10.5. The van der Waals surface area contributed by atoms with Crippen molar-refractivity contribution in [3.8, 4) is 0 Å². The first-order valence-corrected chi connectivity index (χ1v) is 7.66. The highest BCUT2D eigenvalue weighted by Gasteiger charge is 2.24. The van der Waals surface area contributed by atoms with Crippen LogP contribution >= 0.6 is 24.0 Å². The molecule has 1 atom stereocenters. The van der Waals surface area contributed by atoms with E-state index >= 15 is 0 Å². The van der Waals surface area contributed by atoms with Gasteiger partial charge in [0.15, 0.2) is 0 Å². The highest BCUT2D eigenvalue weighted by Crippen LogP contribution is 2.20. The van der Waals surface area contributed by atoms with Crippen molar-refractivity contribution in [3.63, 3.8) is 0 Å². The zero-order chi connectivity index (χ0) is 16.1. The van der Waals surface area contributed by atoms with Gasteiger partial charge in [-0.3, -0.25) is 14.5 Å². The highest BCUT2D eigenvalue weighted by atomic mass is 35.5. The van der Waals surface area contributed by atoms with E-state index in [0.29, 0.717) is 36.9 Å². The molecular weight excluding hydrogens is 339 g/mol. The predicted octanol–water partition coefficient (Wildman–Crippen LogP) is 1.19. The van der Waals surface area contributed by atoms with E-state index in [1.54, 1.807) is 24.0 Å². The number of anilines is 1. The van der Waals surface area contributed by atoms with E-state index in [1.165, 1.54) is 0 Å². The average molecular weight is 361 g/mol. The lowest BCUT2D eigenvalue weighted by Crippen LogP contribution is -2.53. The number of nitrogens with two attached hydrogens (primary N) is 1. The molecule has 1 unspecified atom stereocenters. The van der Waals surface area contributed by atoms with Crippen LogP contribution < -0.4 is 11.1 Å². The van der Waals surface area contributed by atoms with Crippen LogP contribution in [0.4, 0.5) is 5.69 Å². The van der Waals surface area contributed by atoms with E-state index < -0.39 is 6.04 Å². The van der Waals surface area contributed by atoms with Gasteiger partial charge in [0.05, 0.1) is 23.3 Å². The van der Waals surface area contributed by atoms with Crippen LogP contribution in [0.15, 0.2) is 24.3 Å². The van der Waals surface area contributed by atoms with Crippen LogP contribution in [0.1, 0.15) is 6.92 Å². The molecule has 0 spiro atoms. The Labute approximate surface area is 147 Å². The molecule has 6 nitrogen and oxygen atoms in total. The van der Waals surface area contributed by atoms with Crippen LogP contribution in [-0.4, -0.2) is 60.4 Å². The quantitative estimate of drug-likeness (QED) is 0.845. The molecule has 128 valence electrons. The number of rotatable bonds is 4. The van der Waals surface area contributed by atoms with Gasteiger partial charge in [-0.25, -0.2) is 0 Å². The first kappa shape index (κ1) is 19.7. The fourth-order valence-electron chi connectivity index (χ4n) is 2.37. The van der Waals surface area contributed by atoms with E-state index in [0.717, 1.165) is 0 Å². The van der Waals surface area contributed by atoms with Crippen LogP contribution in [0.25, 0.3) is 0 Å². The maximum absolute atomic E-state index is 12.0. The van der Waals surface area contributed by atoms with Crippen LogP contribution in [0.3, 0.4) is 0 Å². The summed E-state index contributed by atoms with van der Waals surface area (Å²) in [5.41, 5.74) is 6.21. The third kappa shape index (κ3) is 5.66. The maximum Gasteiger partial charge on any atom is 0.239 e. The Morgan fingerprint density at radius 2 is 1.87 bits per heavy atom. The number of nitrogens with zero attached hydrogens (tertiary/aromatic N) is 2. The van der Waals surface area contributed by atoms with Gasteiger partial charge in [-0.05, 0) is 19.1 Å². The van der Waals surface area contributed by atoms with Crippen molar-refractivity contribution in [2.45, 2.75) is 13.0 Å². The molecule has 1 aliphatic rings. The first-order valence-electron chi connectivity index (χ1n) is 7.28. The zero-order valence-corrected chi connectivity index (χ0v) is 14.6. The second kappa shape index (κ2) is 9.08. The number of halogens is 2. The maximum atomic E-state index is 12.0. The fourth-order valence-corrected chi connectivity index (χ4v) is 2.55. The van der Waals surface area contributed by atoms with Crippen LogP contribution in [0.2, 0.25) is 5.02 Å². The predicted molar refractivity (Wildman–Crippen MR) is 94.0 cm³/mol. The van der Waals surface area contributed by atoms with Gasteiger partial charge >= 0.3 is 0 Å². The monoisotopic (exact) mass is 360 g/mol. The summed E-state index contributed by atoms with van der Waals surface area (Å²) >= 11 is 6.01. The summed E-state index contributed by atoms with van der Waals surface area (Å²) in [6.07, 6.45) is 0. The molecule has 0 aromatic heterocycles. The second-order valence-electron chi connectivity index (χ2n) is 5.42. The van der Waals surface area contributed by atoms with Crippen LogP contribution in [0.5, 0.6) is 0 Å². The number of hydrogen-bond acceptors (Lipinski definition) is 4. The third-order valence-corrected chi connectivity index (χ3v) is 3.92. The molecule has 0 radical (unpaired) electrons. The molecule has 0 bridgehead atoms. The van der Waals surface area contributed by atoms with Crippen molar-refractivity contribution in [2.24, 2.45) is 5.73 Å². The second-order valence-corrected chi connectivity index (χ2v) is 5.83. The lowest BCUT2D eigenvalue weighted by Gasteiger charge is -2.35. The molecule has 1 fully saturated rings. The van der Waals surface area contributed by atoms with E-state index in [9.17, 15) is 9.59 Å². The van der Waals surface area contributed by atoms with Crippen molar-refractivity contribution >= 4 is 41.5 Å². The molecule has 23 heavy (non-hydrogen) atoms. The smallest absolute Gasteiger partial charge is 0.239 e. The van der Waals surface area contributed by atoms with Crippen molar-refractivity contribution in [1.29, 1.82) is 0 Å². The Morgan fingerprint density at radius 3 is 2.43 bits per heavy atom. The molecule has 1 aliphatic heterocycles. The van der Waals surface area contributed by atoms with Crippen LogP contribution in [0, 0.1) is 0 Å². The highest BCUT2D eigenvalue weighted by molar-refractivity contribution is 6.33. The van der Waals surface area contributed by atoms with E-state index in [-0.39, 0.29) is 30.8 Å². The van der Waals surface area contributed by atoms with Gasteiger partial charge in [0.1, 0.15) is 0 Å². The molecule has 8 heteroatoms. The minimum atomic E-state index is -0.477. The average Bonchev–Trinajstić information content (AvgIpc) is 2.49. The van der Waals surface area contributed by atoms with Crippen molar-refractivity contribution in [2.75, 3.05) is 38.0 Å².